The maximum atomic E-state index is 13.0. The van der Waals surface area contributed by atoms with Crippen LogP contribution in [0.1, 0.15) is 368 Å². The topological polar surface area (TPSA) is 237 Å². The molecule has 0 aromatic carbocycles. The number of allylic oxidation sites excluding steroid dienone is 4. The normalized spacial score (nSPS) is 14.1. The van der Waals surface area contributed by atoms with Crippen LogP contribution in [0.2, 0.25) is 0 Å². The fraction of sp³-hybridized carbons (Fsp3) is 0.892. The van der Waals surface area contributed by atoms with Gasteiger partial charge in [0.15, 0.2) is 12.2 Å². The largest absolute Gasteiger partial charge is 0.472 e. The Balaban J connectivity index is 5.17. The van der Waals surface area contributed by atoms with Gasteiger partial charge in [0, 0.05) is 25.7 Å². The van der Waals surface area contributed by atoms with Crippen LogP contribution >= 0.6 is 15.6 Å². The predicted molar refractivity (Wildman–Crippen MR) is 377 cm³/mol. The van der Waals surface area contributed by atoms with Crippen LogP contribution in [-0.2, 0) is 65.4 Å². The highest BCUT2D eigenvalue weighted by Crippen LogP contribution is 2.45. The smallest absolute Gasteiger partial charge is 0.462 e. The van der Waals surface area contributed by atoms with Crippen LogP contribution in [0.25, 0.3) is 0 Å². The van der Waals surface area contributed by atoms with Crippen molar-refractivity contribution in [3.8, 4) is 0 Å². The van der Waals surface area contributed by atoms with E-state index in [9.17, 15) is 43.2 Å². The molecule has 17 nitrogen and oxygen atoms in total. The third-order valence-electron chi connectivity index (χ3n) is 16.7. The molecule has 0 aliphatic heterocycles. The van der Waals surface area contributed by atoms with E-state index in [0.29, 0.717) is 25.7 Å². The fourth-order valence-corrected chi connectivity index (χ4v) is 12.4. The number of carbonyl (C=O) groups excluding carboxylic acids is 4. The lowest BCUT2D eigenvalue weighted by Crippen LogP contribution is -2.30. The molecule has 5 atom stereocenters. The molecular weight excluding hydrogens is 1220 g/mol. The summed E-state index contributed by atoms with van der Waals surface area (Å²) >= 11 is 0. The van der Waals surface area contributed by atoms with Gasteiger partial charge in [0.2, 0.25) is 0 Å². The number of aliphatic hydroxyl groups excluding tert-OH is 1. The minimum Gasteiger partial charge on any atom is -0.462 e. The minimum atomic E-state index is -4.96. The molecule has 0 bridgehead atoms. The lowest BCUT2D eigenvalue weighted by atomic mass is 10.0. The number of hydrogen-bond donors (Lipinski definition) is 3. The van der Waals surface area contributed by atoms with E-state index in [-0.39, 0.29) is 25.7 Å². The van der Waals surface area contributed by atoms with Gasteiger partial charge in [-0.15, -0.1) is 0 Å². The Hall–Kier alpha value is -2.46. The molecule has 0 spiro atoms. The summed E-state index contributed by atoms with van der Waals surface area (Å²) in [6, 6.07) is 0. The van der Waals surface area contributed by atoms with E-state index in [2.05, 4.69) is 52.0 Å². The van der Waals surface area contributed by atoms with Crippen LogP contribution in [0.4, 0.5) is 0 Å². The molecule has 2 unspecified atom stereocenters. The Labute approximate surface area is 567 Å². The van der Waals surface area contributed by atoms with Gasteiger partial charge in [0.25, 0.3) is 0 Å². The number of hydrogen-bond acceptors (Lipinski definition) is 15. The number of unbranched alkanes of at least 4 members (excludes halogenated alkanes) is 44. The van der Waals surface area contributed by atoms with E-state index in [0.717, 1.165) is 116 Å². The second kappa shape index (κ2) is 68.1. The van der Waals surface area contributed by atoms with Gasteiger partial charge in [-0.05, 0) is 51.4 Å². The predicted octanol–water partition coefficient (Wildman–Crippen LogP) is 21.4. The maximum Gasteiger partial charge on any atom is 0.472 e. The fourth-order valence-electron chi connectivity index (χ4n) is 10.9. The summed E-state index contributed by atoms with van der Waals surface area (Å²) in [4.78, 5) is 72.4. The van der Waals surface area contributed by atoms with Crippen molar-refractivity contribution in [3.05, 3.63) is 24.3 Å². The average molecular weight is 1360 g/mol. The number of rotatable bonds is 73. The molecule has 0 saturated heterocycles. The van der Waals surface area contributed by atoms with Crippen LogP contribution in [0.5, 0.6) is 0 Å². The van der Waals surface area contributed by atoms with E-state index in [4.69, 9.17) is 37.0 Å². The van der Waals surface area contributed by atoms with Gasteiger partial charge in [-0.2, -0.15) is 0 Å². The highest BCUT2D eigenvalue weighted by molar-refractivity contribution is 7.47. The molecule has 0 aliphatic carbocycles. The van der Waals surface area contributed by atoms with Crippen molar-refractivity contribution in [3.63, 3.8) is 0 Å². The molecule has 0 aliphatic rings. The van der Waals surface area contributed by atoms with Crippen molar-refractivity contribution in [2.24, 2.45) is 0 Å². The zero-order valence-electron chi connectivity index (χ0n) is 59.7. The van der Waals surface area contributed by atoms with E-state index in [1.807, 2.05) is 0 Å². The second-order valence-electron chi connectivity index (χ2n) is 26.0. The second-order valence-corrected chi connectivity index (χ2v) is 28.9. The Morgan fingerprint density at radius 1 is 0.301 bits per heavy atom. The van der Waals surface area contributed by atoms with Gasteiger partial charge in [0.05, 0.1) is 26.4 Å². The van der Waals surface area contributed by atoms with Crippen LogP contribution in [0, 0.1) is 0 Å². The molecule has 548 valence electrons. The Kier molecular flexibility index (Phi) is 66.3. The first-order valence-corrected chi connectivity index (χ1v) is 41.1. The summed E-state index contributed by atoms with van der Waals surface area (Å²) in [5.74, 6) is -2.16. The van der Waals surface area contributed by atoms with Crippen molar-refractivity contribution in [1.82, 2.24) is 0 Å². The highest BCUT2D eigenvalue weighted by atomic mass is 31.2. The van der Waals surface area contributed by atoms with Crippen molar-refractivity contribution in [2.45, 2.75) is 386 Å². The zero-order valence-corrected chi connectivity index (χ0v) is 61.5. The first-order chi connectivity index (χ1) is 45.2. The summed E-state index contributed by atoms with van der Waals surface area (Å²) in [6.45, 7) is 4.83. The van der Waals surface area contributed by atoms with Gasteiger partial charge in [-0.3, -0.25) is 37.3 Å². The van der Waals surface area contributed by atoms with E-state index in [1.165, 1.54) is 173 Å². The summed E-state index contributed by atoms with van der Waals surface area (Å²) in [6.07, 6.45) is 60.8. The molecular formula is C74H140O17P2. The highest BCUT2D eigenvalue weighted by Gasteiger charge is 2.30. The number of phosphoric ester groups is 2. The molecule has 19 heteroatoms. The molecule has 0 heterocycles. The van der Waals surface area contributed by atoms with Crippen LogP contribution in [0.3, 0.4) is 0 Å². The van der Waals surface area contributed by atoms with E-state index >= 15 is 0 Å². The first-order valence-electron chi connectivity index (χ1n) is 38.1. The summed E-state index contributed by atoms with van der Waals surface area (Å²) in [7, 11) is -9.91. The lowest BCUT2D eigenvalue weighted by Gasteiger charge is -2.21. The van der Waals surface area contributed by atoms with Crippen molar-refractivity contribution < 1.29 is 80.2 Å². The summed E-state index contributed by atoms with van der Waals surface area (Å²) in [5.41, 5.74) is 0. The van der Waals surface area contributed by atoms with E-state index in [1.54, 1.807) is 0 Å². The van der Waals surface area contributed by atoms with Gasteiger partial charge >= 0.3 is 39.5 Å². The molecule has 0 saturated carbocycles. The number of phosphoric acid groups is 2. The number of esters is 4. The zero-order chi connectivity index (χ0) is 68.2. The van der Waals surface area contributed by atoms with Gasteiger partial charge in [-0.25, -0.2) is 9.13 Å². The van der Waals surface area contributed by atoms with Gasteiger partial charge < -0.3 is 33.8 Å². The average Bonchev–Trinajstić information content (AvgIpc) is 2.11. The van der Waals surface area contributed by atoms with Crippen LogP contribution < -0.4 is 0 Å². The lowest BCUT2D eigenvalue weighted by molar-refractivity contribution is -0.161. The van der Waals surface area contributed by atoms with Crippen molar-refractivity contribution >= 4 is 39.5 Å². The van der Waals surface area contributed by atoms with Crippen LogP contribution in [0.15, 0.2) is 24.3 Å². The number of aliphatic hydroxyl groups is 1. The van der Waals surface area contributed by atoms with Gasteiger partial charge in [-0.1, -0.05) is 315 Å². The summed E-state index contributed by atoms with van der Waals surface area (Å²) in [5, 5.41) is 10.6. The SMILES string of the molecule is CCCCCC/C=C\C=C/CCCCCCCC(=O)OC[C@H](COP(=O)(O)OC[C@@H](O)COP(=O)(O)OC[C@@H](COC(=O)CCCCCCC)OC(=O)CCCCCCCCCCCCCCCCC)OC(=O)CCCCCCCCCCCCCCCCCCCC. The first kappa shape index (κ1) is 90.5. The quantitative estimate of drug-likeness (QED) is 0.0169. The Bertz CT molecular complexity index is 1870. The molecule has 0 radical (unpaired) electrons. The molecule has 0 aromatic heterocycles. The third-order valence-corrected chi connectivity index (χ3v) is 18.6. The van der Waals surface area contributed by atoms with Gasteiger partial charge in [0.1, 0.15) is 19.3 Å². The van der Waals surface area contributed by atoms with E-state index < -0.39 is 97.5 Å². The number of carbonyl (C=O) groups is 4. The Morgan fingerprint density at radius 3 is 0.785 bits per heavy atom. The van der Waals surface area contributed by atoms with Crippen molar-refractivity contribution in [1.29, 1.82) is 0 Å². The summed E-state index contributed by atoms with van der Waals surface area (Å²) < 4.78 is 68.2. The number of ether oxygens (including phenoxy) is 4. The Morgan fingerprint density at radius 2 is 0.516 bits per heavy atom. The standard InChI is InChI=1S/C74H140O17P2/c1-5-9-13-17-20-23-26-29-32-33-34-37-40-43-46-49-53-57-61-74(79)91-70(65-85-72(77)59-55-51-47-44-41-38-35-30-27-24-21-18-14-10-6-2)67-89-93(82,83)87-63-68(75)62-86-92(80,81)88-66-69(64-84-71(76)58-54-50-16-12-8-4)90-73(78)60-56-52-48-45-42-39-36-31-28-25-22-19-15-11-7-3/h24,27,30,35,68-70,75H,5-23,25-26,28-29,31-34,36-67H2,1-4H3,(H,80,81)(H,82,83)/b27-24-,35-30-/t68-,69+,70+/m0/s1. The van der Waals surface area contributed by atoms with Crippen molar-refractivity contribution in [2.75, 3.05) is 39.6 Å². The molecule has 0 fully saturated rings. The molecule has 0 amide bonds. The minimum absolute atomic E-state index is 0.102. The van der Waals surface area contributed by atoms with Crippen LogP contribution in [-0.4, -0.2) is 96.7 Å². The molecule has 93 heavy (non-hydrogen) atoms. The molecule has 3 N–H and O–H groups in total. The monoisotopic (exact) mass is 1360 g/mol. The molecule has 0 aromatic rings. The maximum absolute atomic E-state index is 13.0. The third kappa shape index (κ3) is 67.9. The molecule has 0 rings (SSSR count).